The molecule has 0 amide bonds. The van der Waals surface area contributed by atoms with Crippen molar-refractivity contribution in [1.82, 2.24) is 4.72 Å². The van der Waals surface area contributed by atoms with Crippen molar-refractivity contribution in [3.05, 3.63) is 59.7 Å². The number of Topliss-reactive ketones (excluding diaryl/α,β-unsaturated/α-hetero) is 1. The molecule has 2 aromatic rings. The van der Waals surface area contributed by atoms with Crippen LogP contribution in [0.4, 0.5) is 5.69 Å². The first-order valence-electron chi connectivity index (χ1n) is 7.16. The quantitative estimate of drug-likeness (QED) is 0.825. The maximum atomic E-state index is 12.3. The molecule has 0 unspecified atom stereocenters. The van der Waals surface area contributed by atoms with Gasteiger partial charge in [-0.15, -0.1) is 0 Å². The van der Waals surface area contributed by atoms with Gasteiger partial charge < -0.3 is 4.90 Å². The maximum absolute atomic E-state index is 12.3. The van der Waals surface area contributed by atoms with Crippen molar-refractivity contribution < 1.29 is 13.2 Å². The van der Waals surface area contributed by atoms with E-state index in [1.807, 2.05) is 43.3 Å². The van der Waals surface area contributed by atoms with E-state index in [9.17, 15) is 13.2 Å². The van der Waals surface area contributed by atoms with E-state index in [0.29, 0.717) is 5.56 Å². The molecule has 0 atom stereocenters. The second-order valence-corrected chi connectivity index (χ2v) is 7.24. The SMILES string of the molecule is CC(=O)c1cccc(S(=O)(=O)NCc2ccc(N(C)C)cc2)c1. The summed E-state index contributed by atoms with van der Waals surface area (Å²) < 4.78 is 27.2. The first-order valence-corrected chi connectivity index (χ1v) is 8.65. The van der Waals surface area contributed by atoms with Crippen LogP contribution in [0.1, 0.15) is 22.8 Å². The number of sulfonamides is 1. The summed E-state index contributed by atoms with van der Waals surface area (Å²) in [6, 6.07) is 13.6. The van der Waals surface area contributed by atoms with Crippen LogP contribution in [-0.2, 0) is 16.6 Å². The van der Waals surface area contributed by atoms with E-state index >= 15 is 0 Å². The number of hydrogen-bond acceptors (Lipinski definition) is 4. The predicted molar refractivity (Wildman–Crippen MR) is 91.2 cm³/mol. The van der Waals surface area contributed by atoms with Crippen LogP contribution in [0.5, 0.6) is 0 Å². The molecule has 122 valence electrons. The fraction of sp³-hybridized carbons (Fsp3) is 0.235. The van der Waals surface area contributed by atoms with Gasteiger partial charge in [0, 0.05) is 31.9 Å². The van der Waals surface area contributed by atoms with Crippen molar-refractivity contribution in [2.24, 2.45) is 0 Å². The Hall–Kier alpha value is -2.18. The number of carbonyl (C=O) groups is 1. The molecular weight excluding hydrogens is 312 g/mol. The number of hydrogen-bond donors (Lipinski definition) is 1. The minimum absolute atomic E-state index is 0.0927. The highest BCUT2D eigenvalue weighted by Crippen LogP contribution is 2.15. The molecule has 1 N–H and O–H groups in total. The highest BCUT2D eigenvalue weighted by molar-refractivity contribution is 7.89. The molecule has 0 bridgehead atoms. The molecule has 0 saturated carbocycles. The summed E-state index contributed by atoms with van der Waals surface area (Å²) in [5.41, 5.74) is 2.29. The first-order chi connectivity index (χ1) is 10.8. The average molecular weight is 332 g/mol. The molecule has 0 aromatic heterocycles. The van der Waals surface area contributed by atoms with E-state index in [1.54, 1.807) is 12.1 Å². The van der Waals surface area contributed by atoms with Crippen LogP contribution in [-0.4, -0.2) is 28.3 Å². The molecule has 0 saturated heterocycles. The second kappa shape index (κ2) is 6.93. The smallest absolute Gasteiger partial charge is 0.240 e. The first kappa shape index (κ1) is 17.2. The fourth-order valence-electron chi connectivity index (χ4n) is 2.06. The Morgan fingerprint density at radius 2 is 1.74 bits per heavy atom. The Balaban J connectivity index is 2.12. The molecule has 23 heavy (non-hydrogen) atoms. The highest BCUT2D eigenvalue weighted by atomic mass is 32.2. The number of anilines is 1. The van der Waals surface area contributed by atoms with Gasteiger partial charge in [-0.05, 0) is 36.8 Å². The second-order valence-electron chi connectivity index (χ2n) is 5.47. The van der Waals surface area contributed by atoms with Gasteiger partial charge in [-0.2, -0.15) is 0 Å². The molecule has 0 aliphatic heterocycles. The standard InChI is InChI=1S/C17H20N2O3S/c1-13(20)15-5-4-6-17(11-15)23(21,22)18-12-14-7-9-16(10-8-14)19(2)3/h4-11,18H,12H2,1-3H3. The van der Waals surface area contributed by atoms with Crippen molar-refractivity contribution in [3.8, 4) is 0 Å². The number of carbonyl (C=O) groups excluding carboxylic acids is 1. The van der Waals surface area contributed by atoms with Crippen LogP contribution < -0.4 is 9.62 Å². The van der Waals surface area contributed by atoms with Crippen LogP contribution in [0.25, 0.3) is 0 Å². The minimum atomic E-state index is -3.65. The van der Waals surface area contributed by atoms with Gasteiger partial charge in [0.2, 0.25) is 10.0 Å². The van der Waals surface area contributed by atoms with E-state index in [0.717, 1.165) is 11.3 Å². The number of ketones is 1. The van der Waals surface area contributed by atoms with Crippen molar-refractivity contribution >= 4 is 21.5 Å². The van der Waals surface area contributed by atoms with Crippen molar-refractivity contribution in [1.29, 1.82) is 0 Å². The van der Waals surface area contributed by atoms with Gasteiger partial charge in [-0.1, -0.05) is 24.3 Å². The van der Waals surface area contributed by atoms with Crippen LogP contribution in [0, 0.1) is 0 Å². The number of benzene rings is 2. The largest absolute Gasteiger partial charge is 0.378 e. The number of nitrogens with one attached hydrogen (secondary N) is 1. The normalized spacial score (nSPS) is 11.3. The summed E-state index contributed by atoms with van der Waals surface area (Å²) in [5.74, 6) is -0.165. The average Bonchev–Trinajstić information content (AvgIpc) is 2.53. The summed E-state index contributed by atoms with van der Waals surface area (Å²) >= 11 is 0. The topological polar surface area (TPSA) is 66.5 Å². The highest BCUT2D eigenvalue weighted by Gasteiger charge is 2.15. The van der Waals surface area contributed by atoms with Crippen LogP contribution in [0.15, 0.2) is 53.4 Å². The number of nitrogens with zero attached hydrogens (tertiary/aromatic N) is 1. The van der Waals surface area contributed by atoms with Gasteiger partial charge in [0.15, 0.2) is 5.78 Å². The van der Waals surface area contributed by atoms with Crippen LogP contribution in [0.2, 0.25) is 0 Å². The molecule has 0 aliphatic carbocycles. The summed E-state index contributed by atoms with van der Waals surface area (Å²) in [4.78, 5) is 13.4. The third-order valence-corrected chi connectivity index (χ3v) is 4.87. The Bertz CT molecular complexity index is 797. The Labute approximate surface area is 137 Å². The van der Waals surface area contributed by atoms with E-state index < -0.39 is 10.0 Å². The predicted octanol–water partition coefficient (Wildman–Crippen LogP) is 2.43. The minimum Gasteiger partial charge on any atom is -0.378 e. The fourth-order valence-corrected chi connectivity index (χ4v) is 3.12. The van der Waals surface area contributed by atoms with Crippen molar-refractivity contribution in [3.63, 3.8) is 0 Å². The molecule has 2 aromatic carbocycles. The molecular formula is C17H20N2O3S. The third-order valence-electron chi connectivity index (χ3n) is 3.47. The summed E-state index contributed by atoms with van der Waals surface area (Å²) in [6.07, 6.45) is 0. The zero-order valence-electron chi connectivity index (χ0n) is 13.4. The number of rotatable bonds is 6. The van der Waals surface area contributed by atoms with E-state index in [4.69, 9.17) is 0 Å². The van der Waals surface area contributed by atoms with Gasteiger partial charge >= 0.3 is 0 Å². The third kappa shape index (κ3) is 4.40. The van der Waals surface area contributed by atoms with Gasteiger partial charge in [-0.3, -0.25) is 4.79 Å². The Morgan fingerprint density at radius 3 is 2.30 bits per heavy atom. The van der Waals surface area contributed by atoms with Gasteiger partial charge in [-0.25, -0.2) is 13.1 Å². The Morgan fingerprint density at radius 1 is 1.09 bits per heavy atom. The summed E-state index contributed by atoms with van der Waals surface area (Å²) in [7, 11) is 0.235. The van der Waals surface area contributed by atoms with Crippen molar-refractivity contribution in [2.45, 2.75) is 18.4 Å². The maximum Gasteiger partial charge on any atom is 0.240 e. The molecule has 0 spiro atoms. The molecule has 0 heterocycles. The van der Waals surface area contributed by atoms with Crippen LogP contribution in [0.3, 0.4) is 0 Å². The van der Waals surface area contributed by atoms with E-state index in [2.05, 4.69) is 4.72 Å². The molecule has 2 rings (SSSR count). The molecule has 0 radical (unpaired) electrons. The molecule has 5 nitrogen and oxygen atoms in total. The monoisotopic (exact) mass is 332 g/mol. The Kier molecular flexibility index (Phi) is 5.18. The van der Waals surface area contributed by atoms with Gasteiger partial charge in [0.1, 0.15) is 0 Å². The van der Waals surface area contributed by atoms with E-state index in [1.165, 1.54) is 19.1 Å². The molecule has 0 aliphatic rings. The zero-order valence-corrected chi connectivity index (χ0v) is 14.2. The van der Waals surface area contributed by atoms with Gasteiger partial charge in [0.25, 0.3) is 0 Å². The lowest BCUT2D eigenvalue weighted by Gasteiger charge is -2.13. The van der Waals surface area contributed by atoms with Crippen LogP contribution >= 0.6 is 0 Å². The lowest BCUT2D eigenvalue weighted by atomic mass is 10.2. The van der Waals surface area contributed by atoms with E-state index in [-0.39, 0.29) is 17.2 Å². The zero-order chi connectivity index (χ0) is 17.0. The van der Waals surface area contributed by atoms with Crippen molar-refractivity contribution in [2.75, 3.05) is 19.0 Å². The lowest BCUT2D eigenvalue weighted by Crippen LogP contribution is -2.23. The molecule has 0 fully saturated rings. The summed E-state index contributed by atoms with van der Waals surface area (Å²) in [6.45, 7) is 1.60. The lowest BCUT2D eigenvalue weighted by molar-refractivity contribution is 0.101. The summed E-state index contributed by atoms with van der Waals surface area (Å²) in [5, 5.41) is 0. The molecule has 6 heteroatoms. The van der Waals surface area contributed by atoms with Gasteiger partial charge in [0.05, 0.1) is 4.90 Å².